The van der Waals surface area contributed by atoms with Crippen LogP contribution in [0.25, 0.3) is 0 Å². The molecule has 0 amide bonds. The summed E-state index contributed by atoms with van der Waals surface area (Å²) in [6, 6.07) is 1.69. The Morgan fingerprint density at radius 1 is 1.43 bits per heavy atom. The van der Waals surface area contributed by atoms with Crippen LogP contribution in [0.2, 0.25) is 0 Å². The van der Waals surface area contributed by atoms with Gasteiger partial charge in [0, 0.05) is 20.3 Å². The van der Waals surface area contributed by atoms with Crippen LogP contribution >= 0.6 is 0 Å². The zero-order valence-electron chi connectivity index (χ0n) is 8.65. The van der Waals surface area contributed by atoms with Gasteiger partial charge in [-0.2, -0.15) is 0 Å². The number of methoxy groups -OCH3 is 2. The van der Waals surface area contributed by atoms with Gasteiger partial charge in [0.25, 0.3) is 0 Å². The highest BCUT2D eigenvalue weighted by atomic mass is 16.5. The fourth-order valence-electron chi connectivity index (χ4n) is 1.05. The first-order valence-corrected chi connectivity index (χ1v) is 4.32. The van der Waals surface area contributed by atoms with E-state index in [1.54, 1.807) is 20.3 Å². The van der Waals surface area contributed by atoms with Crippen LogP contribution in [0.3, 0.4) is 0 Å². The molecule has 0 spiro atoms. The van der Waals surface area contributed by atoms with E-state index in [9.17, 15) is 0 Å². The molecule has 0 saturated heterocycles. The number of anilines is 1. The fraction of sp³-hybridized carbons (Fsp3) is 0.556. The number of ether oxygens (including phenoxy) is 2. The topological polar surface area (TPSA) is 70.3 Å². The van der Waals surface area contributed by atoms with Crippen LogP contribution in [-0.4, -0.2) is 24.2 Å². The molecule has 1 heterocycles. The minimum Gasteiger partial charge on any atom is -0.384 e. The Bertz CT molecular complexity index is 304. The van der Waals surface area contributed by atoms with Crippen molar-refractivity contribution in [2.24, 2.45) is 0 Å². The normalized spacial score (nSPS) is 12.8. The molecule has 1 atom stereocenters. The summed E-state index contributed by atoms with van der Waals surface area (Å²) in [4.78, 5) is 8.33. The van der Waals surface area contributed by atoms with E-state index in [0.717, 1.165) is 5.69 Å². The molecule has 5 heteroatoms. The molecule has 0 radical (unpaired) electrons. The van der Waals surface area contributed by atoms with Crippen molar-refractivity contribution in [1.29, 1.82) is 0 Å². The van der Waals surface area contributed by atoms with Crippen molar-refractivity contribution in [3.63, 3.8) is 0 Å². The van der Waals surface area contributed by atoms with Gasteiger partial charge in [-0.15, -0.1) is 0 Å². The van der Waals surface area contributed by atoms with E-state index in [4.69, 9.17) is 15.2 Å². The molecule has 2 N–H and O–H groups in total. The molecule has 1 rings (SSSR count). The quantitative estimate of drug-likeness (QED) is 0.777. The van der Waals surface area contributed by atoms with Gasteiger partial charge in [-0.1, -0.05) is 0 Å². The largest absolute Gasteiger partial charge is 0.384 e. The predicted molar refractivity (Wildman–Crippen MR) is 52.6 cm³/mol. The average molecular weight is 197 g/mol. The number of aromatic nitrogens is 2. The van der Waals surface area contributed by atoms with E-state index in [0.29, 0.717) is 18.2 Å². The van der Waals surface area contributed by atoms with Crippen molar-refractivity contribution < 1.29 is 9.47 Å². The Kier molecular flexibility index (Phi) is 3.79. The van der Waals surface area contributed by atoms with Crippen LogP contribution in [0.15, 0.2) is 6.07 Å². The van der Waals surface area contributed by atoms with Crippen molar-refractivity contribution in [1.82, 2.24) is 9.97 Å². The lowest BCUT2D eigenvalue weighted by Gasteiger charge is -2.10. The van der Waals surface area contributed by atoms with Crippen LogP contribution in [0, 0.1) is 0 Å². The molecule has 0 bridgehead atoms. The molecule has 0 aromatic carbocycles. The average Bonchev–Trinajstić information content (AvgIpc) is 2.16. The fourth-order valence-corrected chi connectivity index (χ4v) is 1.05. The van der Waals surface area contributed by atoms with Crippen molar-refractivity contribution in [3.8, 4) is 0 Å². The Morgan fingerprint density at radius 3 is 2.71 bits per heavy atom. The van der Waals surface area contributed by atoms with E-state index in [1.807, 2.05) is 6.92 Å². The van der Waals surface area contributed by atoms with Crippen LogP contribution in [0.4, 0.5) is 5.82 Å². The highest BCUT2D eigenvalue weighted by Gasteiger charge is 2.09. The Balaban J connectivity index is 2.94. The second kappa shape index (κ2) is 4.88. The van der Waals surface area contributed by atoms with E-state index in [-0.39, 0.29) is 6.10 Å². The van der Waals surface area contributed by atoms with E-state index in [2.05, 4.69) is 9.97 Å². The number of hydrogen-bond acceptors (Lipinski definition) is 5. The molecule has 0 aliphatic heterocycles. The van der Waals surface area contributed by atoms with Crippen molar-refractivity contribution in [3.05, 3.63) is 17.6 Å². The monoisotopic (exact) mass is 197 g/mol. The standard InChI is InChI=1S/C9H15N3O2/c1-6(14-3)9-11-7(5-13-2)4-8(10)12-9/h4,6H,5H2,1-3H3,(H2,10,11,12). The smallest absolute Gasteiger partial charge is 0.159 e. The lowest BCUT2D eigenvalue weighted by molar-refractivity contribution is 0.111. The maximum absolute atomic E-state index is 5.62. The van der Waals surface area contributed by atoms with Crippen LogP contribution < -0.4 is 5.73 Å². The summed E-state index contributed by atoms with van der Waals surface area (Å²) in [6.45, 7) is 2.29. The zero-order valence-corrected chi connectivity index (χ0v) is 8.65. The number of nitrogens with two attached hydrogens (primary N) is 1. The molecular weight excluding hydrogens is 182 g/mol. The summed E-state index contributed by atoms with van der Waals surface area (Å²) >= 11 is 0. The van der Waals surface area contributed by atoms with E-state index < -0.39 is 0 Å². The summed E-state index contributed by atoms with van der Waals surface area (Å²) in [7, 11) is 3.21. The maximum Gasteiger partial charge on any atom is 0.159 e. The maximum atomic E-state index is 5.62. The van der Waals surface area contributed by atoms with Crippen LogP contribution in [0.1, 0.15) is 24.5 Å². The van der Waals surface area contributed by atoms with Gasteiger partial charge in [0.15, 0.2) is 5.82 Å². The van der Waals surface area contributed by atoms with Gasteiger partial charge in [-0.25, -0.2) is 9.97 Å². The second-order valence-electron chi connectivity index (χ2n) is 2.95. The van der Waals surface area contributed by atoms with Gasteiger partial charge in [-0.3, -0.25) is 0 Å². The SMILES string of the molecule is COCc1cc(N)nc(C(C)OC)n1. The summed E-state index contributed by atoms with van der Waals surface area (Å²) < 4.78 is 10.1. The molecule has 0 saturated carbocycles. The lowest BCUT2D eigenvalue weighted by Crippen LogP contribution is -2.08. The minimum absolute atomic E-state index is 0.158. The summed E-state index contributed by atoms with van der Waals surface area (Å²) in [6.07, 6.45) is -0.158. The van der Waals surface area contributed by atoms with Gasteiger partial charge in [0.2, 0.25) is 0 Å². The first-order chi connectivity index (χ1) is 6.67. The molecule has 5 nitrogen and oxygen atoms in total. The van der Waals surface area contributed by atoms with Crippen molar-refractivity contribution in [2.45, 2.75) is 19.6 Å². The van der Waals surface area contributed by atoms with Gasteiger partial charge < -0.3 is 15.2 Å². The second-order valence-corrected chi connectivity index (χ2v) is 2.95. The third-order valence-corrected chi connectivity index (χ3v) is 1.83. The highest BCUT2D eigenvalue weighted by Crippen LogP contribution is 2.13. The van der Waals surface area contributed by atoms with E-state index >= 15 is 0 Å². The first kappa shape index (κ1) is 10.9. The summed E-state index contributed by atoms with van der Waals surface area (Å²) in [5.74, 6) is 1.02. The summed E-state index contributed by atoms with van der Waals surface area (Å²) in [5.41, 5.74) is 6.38. The number of nitrogens with zero attached hydrogens (tertiary/aromatic N) is 2. The predicted octanol–water partition coefficient (Wildman–Crippen LogP) is 0.913. The first-order valence-electron chi connectivity index (χ1n) is 4.32. The van der Waals surface area contributed by atoms with Gasteiger partial charge in [0.05, 0.1) is 12.3 Å². The number of nitrogen functional groups attached to an aromatic ring is 1. The van der Waals surface area contributed by atoms with E-state index in [1.165, 1.54) is 0 Å². The Hall–Kier alpha value is -1.20. The number of hydrogen-bond donors (Lipinski definition) is 1. The molecule has 1 aromatic rings. The van der Waals surface area contributed by atoms with Crippen LogP contribution in [-0.2, 0) is 16.1 Å². The third kappa shape index (κ3) is 2.65. The zero-order chi connectivity index (χ0) is 10.6. The van der Waals surface area contributed by atoms with Gasteiger partial charge in [0.1, 0.15) is 11.9 Å². The molecule has 0 aliphatic carbocycles. The molecule has 14 heavy (non-hydrogen) atoms. The molecule has 1 aromatic heterocycles. The Morgan fingerprint density at radius 2 is 2.14 bits per heavy atom. The van der Waals surface area contributed by atoms with Gasteiger partial charge >= 0.3 is 0 Å². The third-order valence-electron chi connectivity index (χ3n) is 1.83. The molecule has 0 fully saturated rings. The van der Waals surface area contributed by atoms with Crippen LogP contribution in [0.5, 0.6) is 0 Å². The minimum atomic E-state index is -0.158. The van der Waals surface area contributed by atoms with Crippen molar-refractivity contribution in [2.75, 3.05) is 20.0 Å². The molecule has 78 valence electrons. The Labute approximate surface area is 83.3 Å². The lowest BCUT2D eigenvalue weighted by atomic mass is 10.3. The molecule has 0 aliphatic rings. The van der Waals surface area contributed by atoms with Crippen molar-refractivity contribution >= 4 is 5.82 Å². The van der Waals surface area contributed by atoms with Gasteiger partial charge in [-0.05, 0) is 6.92 Å². The molecular formula is C9H15N3O2. The number of rotatable bonds is 4. The highest BCUT2D eigenvalue weighted by molar-refractivity contribution is 5.29. The molecule has 1 unspecified atom stereocenters. The summed E-state index contributed by atoms with van der Waals surface area (Å²) in [5, 5.41) is 0.